The molecule has 146 valence electrons. The number of nitrogens with zero attached hydrogens (tertiary/aromatic N) is 3. The fourth-order valence-corrected chi connectivity index (χ4v) is 3.37. The molecule has 0 aliphatic carbocycles. The van der Waals surface area contributed by atoms with Gasteiger partial charge in [-0.1, -0.05) is 11.3 Å². The number of alkyl halides is 3. The first-order valence-corrected chi connectivity index (χ1v) is 8.73. The number of hydrogen-bond acceptors (Lipinski definition) is 7. The van der Waals surface area contributed by atoms with E-state index in [1.807, 2.05) is 13.8 Å². The molecule has 2 bridgehead atoms. The lowest BCUT2D eigenvalue weighted by atomic mass is 9.99. The van der Waals surface area contributed by atoms with Crippen LogP contribution < -0.4 is 10.2 Å². The van der Waals surface area contributed by atoms with E-state index >= 15 is 0 Å². The Hall–Kier alpha value is -1.95. The van der Waals surface area contributed by atoms with Gasteiger partial charge in [-0.05, 0) is 20.3 Å². The van der Waals surface area contributed by atoms with Gasteiger partial charge in [0.25, 0.3) is 0 Å². The van der Waals surface area contributed by atoms with Gasteiger partial charge in [0.1, 0.15) is 5.51 Å². The number of aliphatic carboxylic acids is 1. The van der Waals surface area contributed by atoms with E-state index in [1.54, 1.807) is 5.51 Å². The Bertz CT molecular complexity index is 626. The number of ether oxygens (including phenoxy) is 1. The molecule has 2 saturated heterocycles. The van der Waals surface area contributed by atoms with Crippen LogP contribution in [-0.2, 0) is 14.3 Å². The van der Waals surface area contributed by atoms with Crippen molar-refractivity contribution in [1.29, 1.82) is 0 Å². The van der Waals surface area contributed by atoms with Gasteiger partial charge in [-0.15, -0.1) is 10.2 Å². The van der Waals surface area contributed by atoms with Crippen molar-refractivity contribution >= 4 is 28.3 Å². The molecule has 0 saturated carbocycles. The van der Waals surface area contributed by atoms with Gasteiger partial charge >= 0.3 is 12.1 Å². The van der Waals surface area contributed by atoms with E-state index in [9.17, 15) is 18.0 Å². The number of anilines is 1. The molecule has 0 spiro atoms. The van der Waals surface area contributed by atoms with E-state index in [-0.39, 0.29) is 30.1 Å². The second-order valence-corrected chi connectivity index (χ2v) is 7.04. The normalized spacial score (nSPS) is 24.8. The van der Waals surface area contributed by atoms with Gasteiger partial charge in [-0.3, -0.25) is 4.79 Å². The van der Waals surface area contributed by atoms with Crippen molar-refractivity contribution in [1.82, 2.24) is 15.5 Å². The molecule has 3 unspecified atom stereocenters. The lowest BCUT2D eigenvalue weighted by Gasteiger charge is -2.32. The molecule has 2 aliphatic rings. The van der Waals surface area contributed by atoms with Crippen LogP contribution in [0.15, 0.2) is 5.51 Å². The number of rotatable bonds is 3. The molecular weight excluding hydrogens is 377 g/mol. The number of nitrogens with one attached hydrogen (secondary N) is 1. The number of carbonyl (C=O) groups excluding carboxylic acids is 1. The summed E-state index contributed by atoms with van der Waals surface area (Å²) in [5.41, 5.74) is 1.73. The second-order valence-electron chi connectivity index (χ2n) is 6.23. The number of fused-ring (bicyclic) bond motifs is 2. The number of halogens is 3. The van der Waals surface area contributed by atoms with Crippen molar-refractivity contribution in [3.05, 3.63) is 5.51 Å². The van der Waals surface area contributed by atoms with Gasteiger partial charge in [-0.25, -0.2) is 4.79 Å². The highest BCUT2D eigenvalue weighted by molar-refractivity contribution is 7.13. The van der Waals surface area contributed by atoms with E-state index in [2.05, 4.69) is 20.4 Å². The van der Waals surface area contributed by atoms with Crippen LogP contribution >= 0.6 is 11.3 Å². The Morgan fingerprint density at radius 2 is 2.08 bits per heavy atom. The molecule has 0 radical (unpaired) electrons. The van der Waals surface area contributed by atoms with Gasteiger partial charge in [0.15, 0.2) is 0 Å². The van der Waals surface area contributed by atoms with E-state index in [4.69, 9.17) is 14.6 Å². The van der Waals surface area contributed by atoms with E-state index in [0.717, 1.165) is 24.6 Å². The van der Waals surface area contributed by atoms with Gasteiger partial charge < -0.3 is 20.1 Å². The minimum absolute atomic E-state index is 0.0265. The Morgan fingerprint density at radius 3 is 2.58 bits per heavy atom. The second kappa shape index (κ2) is 8.16. The minimum Gasteiger partial charge on any atom is -0.475 e. The first-order chi connectivity index (χ1) is 12.1. The third kappa shape index (κ3) is 5.27. The van der Waals surface area contributed by atoms with Crippen LogP contribution in [0.3, 0.4) is 0 Å². The molecule has 1 amide bonds. The molecule has 1 aromatic rings. The number of carboxylic acids is 1. The van der Waals surface area contributed by atoms with Crippen LogP contribution in [0.1, 0.15) is 20.3 Å². The van der Waals surface area contributed by atoms with Crippen molar-refractivity contribution in [2.75, 3.05) is 18.0 Å². The van der Waals surface area contributed by atoms with E-state index in [0.29, 0.717) is 0 Å². The molecule has 3 heterocycles. The molecular formula is C14H19F3N4O4S. The maximum atomic E-state index is 12.2. The van der Waals surface area contributed by atoms with E-state index in [1.165, 1.54) is 11.3 Å². The van der Waals surface area contributed by atoms with Crippen LogP contribution in [-0.4, -0.2) is 64.7 Å². The predicted molar refractivity (Wildman–Crippen MR) is 85.9 cm³/mol. The average Bonchev–Trinajstić information content (AvgIpc) is 3.14. The monoisotopic (exact) mass is 396 g/mol. The summed E-state index contributed by atoms with van der Waals surface area (Å²) in [6.07, 6.45) is -4.18. The van der Waals surface area contributed by atoms with Crippen molar-refractivity contribution in [2.45, 2.75) is 44.7 Å². The molecule has 3 rings (SSSR count). The third-order valence-electron chi connectivity index (χ3n) is 3.79. The first kappa shape index (κ1) is 20.4. The van der Waals surface area contributed by atoms with Crippen molar-refractivity contribution in [3.63, 3.8) is 0 Å². The number of aromatic nitrogens is 2. The Morgan fingerprint density at radius 1 is 1.42 bits per heavy atom. The van der Waals surface area contributed by atoms with Crippen molar-refractivity contribution in [2.24, 2.45) is 5.92 Å². The van der Waals surface area contributed by atoms with Gasteiger partial charge in [0, 0.05) is 19.1 Å². The Labute approximate surface area is 151 Å². The highest BCUT2D eigenvalue weighted by atomic mass is 32.1. The smallest absolute Gasteiger partial charge is 0.475 e. The van der Waals surface area contributed by atoms with Crippen LogP contribution in [0, 0.1) is 5.92 Å². The van der Waals surface area contributed by atoms with Crippen molar-refractivity contribution < 1.29 is 32.6 Å². The standard InChI is InChI=1S/C12H18N4O2S.C2HF3O2/c1-7(2)14-11(17)9-3-8-4-16(5-10(9)18-8)12-15-13-6-19-12;3-2(4,5)1(6)7/h6-10H,3-5H2,1-2H3,(H,14,17);(H,6,7). The summed E-state index contributed by atoms with van der Waals surface area (Å²) in [6.45, 7) is 5.49. The topological polar surface area (TPSA) is 105 Å². The summed E-state index contributed by atoms with van der Waals surface area (Å²) in [7, 11) is 0. The Balaban J connectivity index is 0.000000298. The lowest BCUT2D eigenvalue weighted by molar-refractivity contribution is -0.192. The largest absolute Gasteiger partial charge is 0.490 e. The summed E-state index contributed by atoms with van der Waals surface area (Å²) in [4.78, 5) is 23.2. The molecule has 1 aromatic heterocycles. The maximum Gasteiger partial charge on any atom is 0.490 e. The van der Waals surface area contributed by atoms with E-state index < -0.39 is 12.1 Å². The number of carboxylic acid groups (broad SMARTS) is 1. The molecule has 12 heteroatoms. The predicted octanol–water partition coefficient (Wildman–Crippen LogP) is 1.29. The quantitative estimate of drug-likeness (QED) is 0.793. The zero-order valence-corrected chi connectivity index (χ0v) is 14.9. The van der Waals surface area contributed by atoms with Crippen LogP contribution in [0.25, 0.3) is 0 Å². The highest BCUT2D eigenvalue weighted by Crippen LogP contribution is 2.34. The molecule has 2 fully saturated rings. The SMILES string of the molecule is CC(C)NC(=O)C1CC2CN(c3nncs3)CC1O2.O=C(O)C(F)(F)F. The fourth-order valence-electron chi connectivity index (χ4n) is 2.79. The summed E-state index contributed by atoms with van der Waals surface area (Å²) in [6, 6.07) is 0.173. The summed E-state index contributed by atoms with van der Waals surface area (Å²) in [5.74, 6) is -2.68. The fraction of sp³-hybridized carbons (Fsp3) is 0.714. The number of hydrogen-bond donors (Lipinski definition) is 2. The molecule has 3 atom stereocenters. The lowest BCUT2D eigenvalue weighted by Crippen LogP contribution is -2.46. The third-order valence-corrected chi connectivity index (χ3v) is 4.54. The molecule has 0 aromatic carbocycles. The molecule has 2 aliphatic heterocycles. The highest BCUT2D eigenvalue weighted by Gasteiger charge is 2.45. The molecule has 8 nitrogen and oxygen atoms in total. The summed E-state index contributed by atoms with van der Waals surface area (Å²) >= 11 is 1.53. The Kier molecular flexibility index (Phi) is 6.39. The molecule has 26 heavy (non-hydrogen) atoms. The minimum atomic E-state index is -5.08. The number of morpholine rings is 1. The van der Waals surface area contributed by atoms with Crippen LogP contribution in [0.5, 0.6) is 0 Å². The van der Waals surface area contributed by atoms with Gasteiger partial charge in [-0.2, -0.15) is 13.2 Å². The average molecular weight is 396 g/mol. The van der Waals surface area contributed by atoms with Gasteiger partial charge in [0.2, 0.25) is 11.0 Å². The van der Waals surface area contributed by atoms with Crippen LogP contribution in [0.2, 0.25) is 0 Å². The van der Waals surface area contributed by atoms with Crippen LogP contribution in [0.4, 0.5) is 18.3 Å². The summed E-state index contributed by atoms with van der Waals surface area (Å²) < 4.78 is 37.6. The number of carbonyl (C=O) groups is 2. The maximum absolute atomic E-state index is 12.2. The first-order valence-electron chi connectivity index (χ1n) is 7.85. The zero-order chi connectivity index (χ0) is 19.5. The summed E-state index contributed by atoms with van der Waals surface area (Å²) in [5, 5.41) is 19.0. The zero-order valence-electron chi connectivity index (χ0n) is 14.1. The number of amides is 1. The van der Waals surface area contributed by atoms with Gasteiger partial charge in [0.05, 0.1) is 18.1 Å². The van der Waals surface area contributed by atoms with Crippen molar-refractivity contribution in [3.8, 4) is 0 Å². The molecule has 2 N–H and O–H groups in total.